The van der Waals surface area contributed by atoms with E-state index in [9.17, 15) is 0 Å². The van der Waals surface area contributed by atoms with Crippen LogP contribution in [-0.4, -0.2) is 48.8 Å². The molecule has 1 aromatic carbocycles. The number of benzene rings is 1. The van der Waals surface area contributed by atoms with Gasteiger partial charge in [-0.05, 0) is 24.6 Å². The summed E-state index contributed by atoms with van der Waals surface area (Å²) in [6.45, 7) is 4.81. The maximum Gasteiger partial charge on any atom is 0.154 e. The lowest BCUT2D eigenvalue weighted by molar-refractivity contribution is 0.205. The lowest BCUT2D eigenvalue weighted by Gasteiger charge is -2.24. The van der Waals surface area contributed by atoms with Crippen molar-refractivity contribution in [1.82, 2.24) is 15.0 Å². The normalized spacial score (nSPS) is 10.9. The van der Waals surface area contributed by atoms with Gasteiger partial charge in [-0.25, -0.2) is 9.97 Å². The molecule has 0 atom stereocenters. The third-order valence-corrected chi connectivity index (χ3v) is 4.28. The van der Waals surface area contributed by atoms with Gasteiger partial charge in [0.2, 0.25) is 0 Å². The second-order valence-electron chi connectivity index (χ2n) is 6.06. The molecule has 1 N–H and O–H groups in total. The summed E-state index contributed by atoms with van der Waals surface area (Å²) in [6, 6.07) is 10.5. The van der Waals surface area contributed by atoms with E-state index in [2.05, 4.69) is 51.4 Å². The highest BCUT2D eigenvalue weighted by atomic mass is 16.5. The van der Waals surface area contributed by atoms with Gasteiger partial charge in [0.15, 0.2) is 5.82 Å². The van der Waals surface area contributed by atoms with Crippen LogP contribution >= 0.6 is 0 Å². The molecule has 3 aromatic rings. The molecule has 0 bridgehead atoms. The van der Waals surface area contributed by atoms with Gasteiger partial charge in [0.25, 0.3) is 0 Å². The van der Waals surface area contributed by atoms with Gasteiger partial charge in [-0.2, -0.15) is 0 Å². The Hall–Kier alpha value is -2.73. The number of anilines is 2. The Labute approximate surface area is 154 Å². The Bertz CT molecular complexity index is 850. The number of aromatic nitrogens is 3. The van der Waals surface area contributed by atoms with Gasteiger partial charge < -0.3 is 15.0 Å². The summed E-state index contributed by atoms with van der Waals surface area (Å²) in [4.78, 5) is 15.8. The van der Waals surface area contributed by atoms with E-state index in [1.54, 1.807) is 19.5 Å². The third kappa shape index (κ3) is 3.91. The Morgan fingerprint density at radius 3 is 2.54 bits per heavy atom. The van der Waals surface area contributed by atoms with E-state index in [0.29, 0.717) is 0 Å². The van der Waals surface area contributed by atoms with Crippen molar-refractivity contribution in [3.8, 4) is 11.3 Å². The van der Waals surface area contributed by atoms with Gasteiger partial charge in [-0.15, -0.1) is 0 Å². The fraction of sp³-hybridized carbons (Fsp3) is 0.350. The van der Waals surface area contributed by atoms with Crippen molar-refractivity contribution >= 4 is 22.5 Å². The second-order valence-corrected chi connectivity index (χ2v) is 6.06. The first-order chi connectivity index (χ1) is 12.8. The largest absolute Gasteiger partial charge is 0.383 e. The van der Waals surface area contributed by atoms with Crippen LogP contribution in [0.4, 0.5) is 11.5 Å². The van der Waals surface area contributed by atoms with Crippen LogP contribution in [-0.2, 0) is 4.74 Å². The minimum Gasteiger partial charge on any atom is -0.383 e. The number of hydrogen-bond acceptors (Lipinski definition) is 6. The van der Waals surface area contributed by atoms with E-state index < -0.39 is 0 Å². The maximum absolute atomic E-state index is 5.23. The molecule has 6 nitrogen and oxygen atoms in total. The molecule has 136 valence electrons. The van der Waals surface area contributed by atoms with Crippen molar-refractivity contribution in [2.24, 2.45) is 0 Å². The Morgan fingerprint density at radius 1 is 1.08 bits per heavy atom. The first-order valence-corrected chi connectivity index (χ1v) is 8.90. The molecule has 6 heteroatoms. The number of ether oxygens (including phenoxy) is 1. The molecule has 0 aliphatic heterocycles. The Balaban J connectivity index is 1.91. The average Bonchev–Trinajstić information content (AvgIpc) is 2.70. The molecular weight excluding hydrogens is 326 g/mol. The highest BCUT2D eigenvalue weighted by Gasteiger charge is 2.10. The lowest BCUT2D eigenvalue weighted by Crippen LogP contribution is -2.27. The number of rotatable bonds is 8. The monoisotopic (exact) mass is 351 g/mol. The minimum atomic E-state index is 0.720. The summed E-state index contributed by atoms with van der Waals surface area (Å²) in [5.41, 5.74) is 4.75. The quantitative estimate of drug-likeness (QED) is 0.669. The van der Waals surface area contributed by atoms with Gasteiger partial charge in [0.1, 0.15) is 5.52 Å². The van der Waals surface area contributed by atoms with Gasteiger partial charge in [0, 0.05) is 50.9 Å². The first kappa shape index (κ1) is 18.1. The number of fused-ring (bicyclic) bond motifs is 1. The average molecular weight is 351 g/mol. The van der Waals surface area contributed by atoms with Gasteiger partial charge in [-0.1, -0.05) is 19.1 Å². The zero-order chi connectivity index (χ0) is 18.4. The number of hydrogen-bond donors (Lipinski definition) is 1. The summed E-state index contributed by atoms with van der Waals surface area (Å²) in [6.07, 6.45) is 4.48. The van der Waals surface area contributed by atoms with E-state index in [-0.39, 0.29) is 0 Å². The fourth-order valence-electron chi connectivity index (χ4n) is 2.98. The molecule has 0 amide bonds. The van der Waals surface area contributed by atoms with Crippen LogP contribution in [0.3, 0.4) is 0 Å². The summed E-state index contributed by atoms with van der Waals surface area (Å²) < 4.78 is 5.23. The predicted octanol–water partition coefficient (Wildman–Crippen LogP) is 3.60. The van der Waals surface area contributed by atoms with E-state index in [1.165, 1.54) is 5.69 Å². The summed E-state index contributed by atoms with van der Waals surface area (Å²) in [5.74, 6) is 0.738. The molecule has 0 unspecified atom stereocenters. The zero-order valence-electron chi connectivity index (χ0n) is 15.6. The second kappa shape index (κ2) is 8.58. The molecule has 0 radical (unpaired) electrons. The van der Waals surface area contributed by atoms with Crippen LogP contribution in [0.25, 0.3) is 22.3 Å². The van der Waals surface area contributed by atoms with Gasteiger partial charge in [-0.3, -0.25) is 4.98 Å². The summed E-state index contributed by atoms with van der Waals surface area (Å²) in [7, 11) is 3.59. The van der Waals surface area contributed by atoms with Gasteiger partial charge >= 0.3 is 0 Å². The van der Waals surface area contributed by atoms with E-state index in [1.807, 2.05) is 13.1 Å². The molecule has 0 saturated carbocycles. The van der Waals surface area contributed by atoms with Crippen LogP contribution in [0.2, 0.25) is 0 Å². The zero-order valence-corrected chi connectivity index (χ0v) is 15.6. The van der Waals surface area contributed by atoms with Crippen molar-refractivity contribution in [3.05, 3.63) is 42.7 Å². The highest BCUT2D eigenvalue weighted by Crippen LogP contribution is 2.27. The van der Waals surface area contributed by atoms with Crippen LogP contribution in [0.5, 0.6) is 0 Å². The molecule has 0 saturated heterocycles. The van der Waals surface area contributed by atoms with Crippen LogP contribution < -0.4 is 10.2 Å². The SMILES string of the molecule is CCCN(CCOC)c1ccc(-c2cc3nccnc3c(NC)n2)cc1. The molecule has 0 aliphatic carbocycles. The smallest absolute Gasteiger partial charge is 0.154 e. The predicted molar refractivity (Wildman–Crippen MR) is 107 cm³/mol. The molecule has 0 spiro atoms. The van der Waals surface area contributed by atoms with E-state index >= 15 is 0 Å². The van der Waals surface area contributed by atoms with Crippen molar-refractivity contribution in [2.45, 2.75) is 13.3 Å². The highest BCUT2D eigenvalue weighted by molar-refractivity contribution is 5.88. The lowest BCUT2D eigenvalue weighted by atomic mass is 10.1. The topological polar surface area (TPSA) is 63.2 Å². The molecule has 3 rings (SSSR count). The first-order valence-electron chi connectivity index (χ1n) is 8.90. The number of methoxy groups -OCH3 is 1. The standard InChI is InChI=1S/C20H25N5O/c1-4-11-25(12-13-26-3)16-7-5-15(6-8-16)17-14-18-19(20(21-2)24-17)23-10-9-22-18/h5-10,14H,4,11-13H2,1-3H3,(H,21,24). The Kier molecular flexibility index (Phi) is 5.96. The molecule has 0 aliphatic rings. The number of pyridine rings is 1. The third-order valence-electron chi connectivity index (χ3n) is 4.28. The van der Waals surface area contributed by atoms with Crippen LogP contribution in [0.15, 0.2) is 42.7 Å². The van der Waals surface area contributed by atoms with Crippen molar-refractivity contribution < 1.29 is 4.74 Å². The number of nitrogens with one attached hydrogen (secondary N) is 1. The van der Waals surface area contributed by atoms with Crippen molar-refractivity contribution in [1.29, 1.82) is 0 Å². The Morgan fingerprint density at radius 2 is 1.85 bits per heavy atom. The van der Waals surface area contributed by atoms with E-state index in [4.69, 9.17) is 9.72 Å². The molecule has 2 heterocycles. The van der Waals surface area contributed by atoms with Crippen molar-refractivity contribution in [2.75, 3.05) is 44.1 Å². The maximum atomic E-state index is 5.23. The summed E-state index contributed by atoms with van der Waals surface area (Å²) >= 11 is 0. The van der Waals surface area contributed by atoms with Gasteiger partial charge in [0.05, 0.1) is 17.8 Å². The fourth-order valence-corrected chi connectivity index (χ4v) is 2.98. The van der Waals surface area contributed by atoms with E-state index in [0.717, 1.165) is 54.2 Å². The van der Waals surface area contributed by atoms with Crippen LogP contribution in [0, 0.1) is 0 Å². The molecular formula is C20H25N5O. The van der Waals surface area contributed by atoms with Crippen molar-refractivity contribution in [3.63, 3.8) is 0 Å². The number of nitrogens with zero attached hydrogens (tertiary/aromatic N) is 4. The summed E-state index contributed by atoms with van der Waals surface area (Å²) in [5, 5.41) is 3.11. The molecule has 2 aromatic heterocycles. The van der Waals surface area contributed by atoms with Crippen LogP contribution in [0.1, 0.15) is 13.3 Å². The molecule has 0 fully saturated rings. The molecule has 26 heavy (non-hydrogen) atoms. The minimum absolute atomic E-state index is 0.720.